The fraction of sp³-hybridized carbons (Fsp3) is 0.632. The number of amides is 1. The molecule has 5 rings (SSSR count). The standard InChI is InChI=1S/C19H24N4O6S2/c24-15(23-6-4-19(5-7-23)27-8-9-28-19)11-20-31(25,26)16-10-14(12-30-16)17-21-18(29-22-17)13-2-1-3-13/h10,12-13,20H,1-9,11H2. The molecule has 31 heavy (non-hydrogen) atoms. The fourth-order valence-corrected chi connectivity index (χ4v) is 6.15. The van der Waals surface area contributed by atoms with Gasteiger partial charge in [-0.1, -0.05) is 11.6 Å². The summed E-state index contributed by atoms with van der Waals surface area (Å²) in [4.78, 5) is 18.5. The van der Waals surface area contributed by atoms with E-state index < -0.39 is 15.8 Å². The van der Waals surface area contributed by atoms with Gasteiger partial charge in [-0.25, -0.2) is 13.1 Å². The molecule has 2 saturated heterocycles. The number of thiophene rings is 1. The molecule has 2 aliphatic heterocycles. The third kappa shape index (κ3) is 4.27. The summed E-state index contributed by atoms with van der Waals surface area (Å²) in [5.74, 6) is 0.465. The number of carbonyl (C=O) groups excluding carboxylic acids is 1. The van der Waals surface area contributed by atoms with Gasteiger partial charge in [0.25, 0.3) is 10.0 Å². The number of hydrogen-bond acceptors (Lipinski definition) is 9. The number of hydrogen-bond donors (Lipinski definition) is 1. The van der Waals surface area contributed by atoms with Crippen LogP contribution in [-0.4, -0.2) is 68.0 Å². The van der Waals surface area contributed by atoms with E-state index in [-0.39, 0.29) is 16.7 Å². The molecule has 1 spiro atoms. The first kappa shape index (κ1) is 21.0. The highest BCUT2D eigenvalue weighted by atomic mass is 32.2. The maximum Gasteiger partial charge on any atom is 0.250 e. The van der Waals surface area contributed by atoms with E-state index in [9.17, 15) is 13.2 Å². The van der Waals surface area contributed by atoms with E-state index in [0.717, 1.165) is 30.6 Å². The smallest absolute Gasteiger partial charge is 0.250 e. The van der Waals surface area contributed by atoms with Crippen molar-refractivity contribution in [2.45, 2.75) is 48.0 Å². The normalized spacial score (nSPS) is 21.5. The minimum Gasteiger partial charge on any atom is -0.347 e. The van der Waals surface area contributed by atoms with Crippen LogP contribution in [0.3, 0.4) is 0 Å². The Morgan fingerprint density at radius 3 is 2.68 bits per heavy atom. The first-order chi connectivity index (χ1) is 14.9. The Morgan fingerprint density at radius 2 is 2.00 bits per heavy atom. The van der Waals surface area contributed by atoms with E-state index in [4.69, 9.17) is 14.0 Å². The number of nitrogens with zero attached hydrogens (tertiary/aromatic N) is 3. The molecule has 0 bridgehead atoms. The van der Waals surface area contributed by atoms with Gasteiger partial charge >= 0.3 is 0 Å². The highest BCUT2D eigenvalue weighted by Gasteiger charge is 2.40. The second-order valence-electron chi connectivity index (χ2n) is 8.05. The summed E-state index contributed by atoms with van der Waals surface area (Å²) in [7, 11) is -3.82. The molecule has 1 N–H and O–H groups in total. The molecule has 2 aromatic heterocycles. The molecule has 3 aliphatic rings. The van der Waals surface area contributed by atoms with E-state index in [0.29, 0.717) is 62.3 Å². The van der Waals surface area contributed by atoms with Gasteiger partial charge in [0.15, 0.2) is 5.79 Å². The summed E-state index contributed by atoms with van der Waals surface area (Å²) in [5, 5.41) is 5.65. The van der Waals surface area contributed by atoms with Gasteiger partial charge < -0.3 is 18.9 Å². The van der Waals surface area contributed by atoms with Crippen LogP contribution >= 0.6 is 11.3 Å². The van der Waals surface area contributed by atoms with Crippen molar-refractivity contribution in [2.75, 3.05) is 32.8 Å². The van der Waals surface area contributed by atoms with Crippen LogP contribution < -0.4 is 4.72 Å². The summed E-state index contributed by atoms with van der Waals surface area (Å²) in [5.41, 5.74) is 0.587. The number of nitrogens with one attached hydrogen (secondary N) is 1. The lowest BCUT2D eigenvalue weighted by Gasteiger charge is -2.37. The molecule has 12 heteroatoms. The van der Waals surface area contributed by atoms with Gasteiger partial charge in [0.2, 0.25) is 17.6 Å². The molecular formula is C19H24N4O6S2. The van der Waals surface area contributed by atoms with Crippen molar-refractivity contribution in [3.63, 3.8) is 0 Å². The molecule has 2 aromatic rings. The second-order valence-corrected chi connectivity index (χ2v) is 11.0. The predicted octanol–water partition coefficient (Wildman–Crippen LogP) is 1.71. The van der Waals surface area contributed by atoms with Gasteiger partial charge in [0, 0.05) is 42.8 Å². The number of likely N-dealkylation sites (tertiary alicyclic amines) is 1. The third-order valence-electron chi connectivity index (χ3n) is 6.10. The van der Waals surface area contributed by atoms with Crippen molar-refractivity contribution in [3.05, 3.63) is 17.3 Å². The van der Waals surface area contributed by atoms with Crippen LogP contribution in [0.25, 0.3) is 11.4 Å². The van der Waals surface area contributed by atoms with Crippen LogP contribution in [-0.2, 0) is 24.3 Å². The zero-order chi connectivity index (χ0) is 21.5. The summed E-state index contributed by atoms with van der Waals surface area (Å²) in [6.07, 6.45) is 4.43. The van der Waals surface area contributed by atoms with Gasteiger partial charge in [-0.2, -0.15) is 4.98 Å². The third-order valence-corrected chi connectivity index (χ3v) is 8.94. The zero-order valence-electron chi connectivity index (χ0n) is 16.9. The van der Waals surface area contributed by atoms with Crippen molar-refractivity contribution >= 4 is 27.3 Å². The van der Waals surface area contributed by atoms with Crippen molar-refractivity contribution < 1.29 is 27.2 Å². The molecule has 0 unspecified atom stereocenters. The SMILES string of the molecule is O=C(CNS(=O)(=O)c1cc(-c2noc(C3CCC3)n2)cs1)N1CCC2(CC1)OCCO2. The Kier molecular flexibility index (Phi) is 5.59. The van der Waals surface area contributed by atoms with Crippen LogP contribution in [0.15, 0.2) is 20.2 Å². The molecule has 0 atom stereocenters. The quantitative estimate of drug-likeness (QED) is 0.680. The molecular weight excluding hydrogens is 444 g/mol. The number of piperidine rings is 1. The maximum atomic E-state index is 12.7. The Balaban J connectivity index is 1.17. The lowest BCUT2D eigenvalue weighted by atomic mass is 9.85. The average molecular weight is 469 g/mol. The highest BCUT2D eigenvalue weighted by Crippen LogP contribution is 2.36. The summed E-state index contributed by atoms with van der Waals surface area (Å²) < 4.78 is 44.5. The summed E-state index contributed by atoms with van der Waals surface area (Å²) in [6.45, 7) is 1.80. The van der Waals surface area contributed by atoms with Gasteiger partial charge in [-0.05, 0) is 18.9 Å². The molecule has 1 saturated carbocycles. The number of sulfonamides is 1. The van der Waals surface area contributed by atoms with E-state index in [1.807, 2.05) is 0 Å². The van der Waals surface area contributed by atoms with E-state index >= 15 is 0 Å². The molecule has 168 valence electrons. The maximum absolute atomic E-state index is 12.7. The van der Waals surface area contributed by atoms with Crippen molar-refractivity contribution in [3.8, 4) is 11.4 Å². The zero-order valence-corrected chi connectivity index (χ0v) is 18.5. The van der Waals surface area contributed by atoms with Crippen LogP contribution in [0.1, 0.15) is 43.9 Å². The topological polar surface area (TPSA) is 124 Å². The number of ether oxygens (including phenoxy) is 2. The first-order valence-electron chi connectivity index (χ1n) is 10.4. The largest absolute Gasteiger partial charge is 0.347 e. The molecule has 4 heterocycles. The Morgan fingerprint density at radius 1 is 1.26 bits per heavy atom. The first-order valence-corrected chi connectivity index (χ1v) is 12.8. The van der Waals surface area contributed by atoms with Crippen molar-refractivity contribution in [1.29, 1.82) is 0 Å². The molecule has 0 aromatic carbocycles. The van der Waals surface area contributed by atoms with Crippen molar-refractivity contribution in [1.82, 2.24) is 19.8 Å². The molecule has 10 nitrogen and oxygen atoms in total. The van der Waals surface area contributed by atoms with E-state index in [1.165, 1.54) is 6.07 Å². The molecule has 1 aliphatic carbocycles. The molecule has 3 fully saturated rings. The summed E-state index contributed by atoms with van der Waals surface area (Å²) >= 11 is 1.06. The van der Waals surface area contributed by atoms with E-state index in [1.54, 1.807) is 10.3 Å². The highest BCUT2D eigenvalue weighted by molar-refractivity contribution is 7.91. The molecule has 0 radical (unpaired) electrons. The Bertz CT molecular complexity index is 1050. The summed E-state index contributed by atoms with van der Waals surface area (Å²) in [6, 6.07) is 1.51. The minimum absolute atomic E-state index is 0.107. The van der Waals surface area contributed by atoms with E-state index in [2.05, 4.69) is 14.9 Å². The van der Waals surface area contributed by atoms with Crippen LogP contribution in [0, 0.1) is 0 Å². The second kappa shape index (κ2) is 8.24. The number of rotatable bonds is 6. The Hall–Kier alpha value is -1.86. The van der Waals surface area contributed by atoms with Gasteiger partial charge in [-0.15, -0.1) is 11.3 Å². The Labute approximate surface area is 183 Å². The van der Waals surface area contributed by atoms with Crippen LogP contribution in [0.5, 0.6) is 0 Å². The monoisotopic (exact) mass is 468 g/mol. The van der Waals surface area contributed by atoms with Gasteiger partial charge in [0.1, 0.15) is 4.21 Å². The van der Waals surface area contributed by atoms with Gasteiger partial charge in [-0.3, -0.25) is 4.79 Å². The molecule has 1 amide bonds. The minimum atomic E-state index is -3.82. The fourth-order valence-electron chi connectivity index (χ4n) is 3.97. The predicted molar refractivity (Wildman–Crippen MR) is 110 cm³/mol. The number of aromatic nitrogens is 2. The lowest BCUT2D eigenvalue weighted by Crippen LogP contribution is -2.49. The van der Waals surface area contributed by atoms with Crippen LogP contribution in [0.4, 0.5) is 0 Å². The average Bonchev–Trinajstić information content (AvgIpc) is 3.46. The van der Waals surface area contributed by atoms with Crippen molar-refractivity contribution in [2.24, 2.45) is 0 Å². The van der Waals surface area contributed by atoms with Crippen LogP contribution in [0.2, 0.25) is 0 Å². The van der Waals surface area contributed by atoms with Gasteiger partial charge in [0.05, 0.1) is 19.8 Å². The number of carbonyl (C=O) groups is 1. The lowest BCUT2D eigenvalue weighted by molar-refractivity contribution is -0.187.